The molecule has 0 spiro atoms. The smallest absolute Gasteiger partial charge is 0.187 e. The maximum Gasteiger partial charge on any atom is 0.187 e. The third-order valence-corrected chi connectivity index (χ3v) is 3.23. The van der Waals surface area contributed by atoms with Crippen LogP contribution in [0.25, 0.3) is 0 Å². The van der Waals surface area contributed by atoms with Gasteiger partial charge in [0.15, 0.2) is 12.1 Å². The molecule has 17 heavy (non-hydrogen) atoms. The molecule has 0 aromatic rings. The van der Waals surface area contributed by atoms with Gasteiger partial charge in [0, 0.05) is 7.11 Å². The van der Waals surface area contributed by atoms with Crippen LogP contribution in [0.2, 0.25) is 0 Å². The zero-order valence-electron chi connectivity index (χ0n) is 10.8. The second kappa shape index (κ2) is 3.91. The molecule has 6 heteroatoms. The topological polar surface area (TPSA) is 69.5 Å². The quantitative estimate of drug-likeness (QED) is 0.553. The molecule has 4 atom stereocenters. The second-order valence-electron chi connectivity index (χ2n) is 5.02. The molecule has 2 aliphatic rings. The number of fused-ring (bicyclic) bond motifs is 1. The van der Waals surface area contributed by atoms with Crippen LogP contribution < -0.4 is 0 Å². The summed E-state index contributed by atoms with van der Waals surface area (Å²) < 4.78 is 22.5. The molecule has 1 N–H and O–H groups in total. The molecule has 2 aliphatic heterocycles. The number of hydrogen-bond donors (Lipinski definition) is 1. The number of oxime groups is 1. The van der Waals surface area contributed by atoms with Crippen molar-refractivity contribution in [3.05, 3.63) is 0 Å². The number of nitrogens with zero attached hydrogens (tertiary/aromatic N) is 1. The monoisotopic (exact) mass is 245 g/mol. The van der Waals surface area contributed by atoms with Crippen molar-refractivity contribution in [3.63, 3.8) is 0 Å². The van der Waals surface area contributed by atoms with Crippen molar-refractivity contribution in [1.29, 1.82) is 0 Å². The predicted molar refractivity (Wildman–Crippen MR) is 59.0 cm³/mol. The summed E-state index contributed by atoms with van der Waals surface area (Å²) in [7, 11) is 1.55. The van der Waals surface area contributed by atoms with Crippen molar-refractivity contribution in [2.45, 2.75) is 57.6 Å². The second-order valence-corrected chi connectivity index (χ2v) is 5.02. The van der Waals surface area contributed by atoms with Crippen molar-refractivity contribution < 1.29 is 24.2 Å². The van der Waals surface area contributed by atoms with Crippen LogP contribution in [-0.2, 0) is 18.9 Å². The van der Waals surface area contributed by atoms with E-state index >= 15 is 0 Å². The molecule has 0 unspecified atom stereocenters. The average molecular weight is 245 g/mol. The molecule has 2 heterocycles. The van der Waals surface area contributed by atoms with Crippen LogP contribution >= 0.6 is 0 Å². The van der Waals surface area contributed by atoms with Gasteiger partial charge in [-0.25, -0.2) is 0 Å². The first-order valence-electron chi connectivity index (χ1n) is 5.63. The van der Waals surface area contributed by atoms with Gasteiger partial charge < -0.3 is 24.2 Å². The highest BCUT2D eigenvalue weighted by molar-refractivity contribution is 5.97. The Morgan fingerprint density at radius 2 is 2.00 bits per heavy atom. The largest absolute Gasteiger partial charge is 0.411 e. The highest BCUT2D eigenvalue weighted by atomic mass is 16.8. The first kappa shape index (κ1) is 12.8. The standard InChI is InChI=1S/C11H19NO5/c1-6-7(12-13)11(4)8(9(14-5)15-6)16-10(2,3)17-11/h6,8-9,13H,1-5H3/b12-7-/t6-,8-,9+,11+/m0/s1. The molecule has 2 fully saturated rings. The van der Waals surface area contributed by atoms with E-state index in [0.717, 1.165) is 0 Å². The highest BCUT2D eigenvalue weighted by Crippen LogP contribution is 2.43. The molecule has 6 nitrogen and oxygen atoms in total. The molecule has 0 aromatic carbocycles. The molecule has 0 saturated carbocycles. The minimum Gasteiger partial charge on any atom is -0.411 e. The zero-order valence-corrected chi connectivity index (χ0v) is 10.8. The van der Waals surface area contributed by atoms with Crippen molar-refractivity contribution in [1.82, 2.24) is 0 Å². The molecule has 0 radical (unpaired) electrons. The minimum absolute atomic E-state index is 0.385. The van der Waals surface area contributed by atoms with Gasteiger partial charge in [0.05, 0.1) is 0 Å². The van der Waals surface area contributed by atoms with Crippen LogP contribution in [0, 0.1) is 0 Å². The van der Waals surface area contributed by atoms with Gasteiger partial charge in [-0.15, -0.1) is 0 Å². The van der Waals surface area contributed by atoms with Crippen LogP contribution in [-0.4, -0.2) is 47.9 Å². The zero-order chi connectivity index (χ0) is 12.8. The van der Waals surface area contributed by atoms with E-state index < -0.39 is 23.8 Å². The van der Waals surface area contributed by atoms with E-state index in [-0.39, 0.29) is 6.10 Å². The summed E-state index contributed by atoms with van der Waals surface area (Å²) in [6.07, 6.45) is -1.38. The van der Waals surface area contributed by atoms with Crippen LogP contribution in [0.15, 0.2) is 5.16 Å². The summed E-state index contributed by atoms with van der Waals surface area (Å²) in [4.78, 5) is 0. The molecular formula is C11H19NO5. The number of ether oxygens (including phenoxy) is 4. The van der Waals surface area contributed by atoms with Gasteiger partial charge in [0.2, 0.25) is 0 Å². The lowest BCUT2D eigenvalue weighted by atomic mass is 9.87. The fourth-order valence-corrected chi connectivity index (χ4v) is 2.62. The molecule has 0 aromatic heterocycles. The lowest BCUT2D eigenvalue weighted by molar-refractivity contribution is -0.223. The lowest BCUT2D eigenvalue weighted by Gasteiger charge is -2.41. The summed E-state index contributed by atoms with van der Waals surface area (Å²) in [6.45, 7) is 7.23. The van der Waals surface area contributed by atoms with Gasteiger partial charge in [0.25, 0.3) is 0 Å². The van der Waals surface area contributed by atoms with E-state index in [4.69, 9.17) is 24.2 Å². The van der Waals surface area contributed by atoms with Crippen molar-refractivity contribution in [2.24, 2.45) is 5.16 Å². The molecule has 2 rings (SSSR count). The first-order chi connectivity index (χ1) is 7.84. The van der Waals surface area contributed by atoms with E-state index in [9.17, 15) is 0 Å². The Morgan fingerprint density at radius 3 is 2.53 bits per heavy atom. The van der Waals surface area contributed by atoms with E-state index in [1.54, 1.807) is 14.0 Å². The van der Waals surface area contributed by atoms with Gasteiger partial charge in [0.1, 0.15) is 23.5 Å². The van der Waals surface area contributed by atoms with Crippen molar-refractivity contribution in [3.8, 4) is 0 Å². The summed E-state index contributed by atoms with van der Waals surface area (Å²) in [5.74, 6) is -0.764. The Kier molecular flexibility index (Phi) is 2.94. The molecule has 0 amide bonds. The Balaban J connectivity index is 2.41. The number of rotatable bonds is 1. The number of hydrogen-bond acceptors (Lipinski definition) is 6. The van der Waals surface area contributed by atoms with Gasteiger partial charge >= 0.3 is 0 Å². The van der Waals surface area contributed by atoms with E-state index in [1.165, 1.54) is 0 Å². The van der Waals surface area contributed by atoms with Crippen LogP contribution in [0.5, 0.6) is 0 Å². The molecule has 2 saturated heterocycles. The Labute approximate surface area is 100 Å². The van der Waals surface area contributed by atoms with Gasteiger partial charge in [-0.05, 0) is 27.7 Å². The third-order valence-electron chi connectivity index (χ3n) is 3.23. The van der Waals surface area contributed by atoms with Gasteiger partial charge in [-0.3, -0.25) is 0 Å². The Bertz CT molecular complexity index is 343. The lowest BCUT2D eigenvalue weighted by Crippen LogP contribution is -2.60. The first-order valence-corrected chi connectivity index (χ1v) is 5.63. The maximum atomic E-state index is 9.13. The molecule has 0 bridgehead atoms. The highest BCUT2D eigenvalue weighted by Gasteiger charge is 2.61. The normalized spacial score (nSPS) is 47.1. The fourth-order valence-electron chi connectivity index (χ4n) is 2.62. The van der Waals surface area contributed by atoms with Gasteiger partial charge in [-0.1, -0.05) is 5.16 Å². The van der Waals surface area contributed by atoms with Crippen LogP contribution in [0.1, 0.15) is 27.7 Å². The summed E-state index contributed by atoms with van der Waals surface area (Å²) >= 11 is 0. The molecular weight excluding hydrogens is 226 g/mol. The summed E-state index contributed by atoms with van der Waals surface area (Å²) in [5.41, 5.74) is -0.419. The summed E-state index contributed by atoms with van der Waals surface area (Å²) in [6, 6.07) is 0. The fraction of sp³-hybridized carbons (Fsp3) is 0.909. The third kappa shape index (κ3) is 1.85. The summed E-state index contributed by atoms with van der Waals surface area (Å²) in [5, 5.41) is 12.4. The van der Waals surface area contributed by atoms with Gasteiger partial charge in [-0.2, -0.15) is 0 Å². The Morgan fingerprint density at radius 1 is 1.35 bits per heavy atom. The van der Waals surface area contributed by atoms with E-state index in [1.807, 2.05) is 20.8 Å². The van der Waals surface area contributed by atoms with Crippen molar-refractivity contribution in [2.75, 3.05) is 7.11 Å². The van der Waals surface area contributed by atoms with Crippen LogP contribution in [0.3, 0.4) is 0 Å². The SMILES string of the molecule is CO[C@@H]1O[C@@H](C)/C(=N/O)[C@@]2(C)OC(C)(C)O[C@@H]12. The van der Waals surface area contributed by atoms with Crippen LogP contribution in [0.4, 0.5) is 0 Å². The average Bonchev–Trinajstić information content (AvgIpc) is 2.46. The maximum absolute atomic E-state index is 9.13. The molecule has 0 aliphatic carbocycles. The molecule has 98 valence electrons. The Hall–Kier alpha value is -0.690. The van der Waals surface area contributed by atoms with E-state index in [2.05, 4.69) is 5.16 Å². The number of methoxy groups -OCH3 is 1. The minimum atomic E-state index is -0.837. The predicted octanol–water partition coefficient (Wildman–Crippen LogP) is 1.12. The van der Waals surface area contributed by atoms with Crippen molar-refractivity contribution >= 4 is 5.71 Å². The van der Waals surface area contributed by atoms with E-state index in [0.29, 0.717) is 5.71 Å².